The van der Waals surface area contributed by atoms with Crippen LogP contribution < -0.4 is 5.32 Å². The van der Waals surface area contributed by atoms with E-state index in [9.17, 15) is 0 Å². The van der Waals surface area contributed by atoms with Gasteiger partial charge in [0, 0.05) is 24.4 Å². The van der Waals surface area contributed by atoms with E-state index >= 15 is 0 Å². The molecule has 15 heavy (non-hydrogen) atoms. The number of fused-ring (bicyclic) bond motifs is 1. The lowest BCUT2D eigenvalue weighted by atomic mass is 9.96. The van der Waals surface area contributed by atoms with E-state index < -0.39 is 0 Å². The van der Waals surface area contributed by atoms with E-state index in [4.69, 9.17) is 0 Å². The lowest BCUT2D eigenvalue weighted by Crippen LogP contribution is -2.28. The Morgan fingerprint density at radius 1 is 1.40 bits per heavy atom. The first-order valence-electron chi connectivity index (χ1n) is 5.58. The van der Waals surface area contributed by atoms with Gasteiger partial charge in [-0.3, -0.25) is 4.98 Å². The van der Waals surface area contributed by atoms with Crippen molar-refractivity contribution >= 4 is 11.0 Å². The highest BCUT2D eigenvalue weighted by atomic mass is 14.9. The minimum atomic E-state index is 0.632. The molecule has 0 aromatic carbocycles. The first kappa shape index (κ1) is 8.92. The molecule has 0 amide bonds. The Balaban J connectivity index is 1.96. The van der Waals surface area contributed by atoms with Gasteiger partial charge >= 0.3 is 0 Å². The molecule has 3 heterocycles. The van der Waals surface area contributed by atoms with Gasteiger partial charge in [-0.1, -0.05) is 0 Å². The Kier molecular flexibility index (Phi) is 2.18. The van der Waals surface area contributed by atoms with E-state index in [0.29, 0.717) is 5.92 Å². The molecule has 1 aliphatic heterocycles. The predicted octanol–water partition coefficient (Wildman–Crippen LogP) is 2.03. The molecule has 0 aliphatic carbocycles. The molecule has 3 heteroatoms. The summed E-state index contributed by atoms with van der Waals surface area (Å²) < 4.78 is 0. The zero-order valence-corrected chi connectivity index (χ0v) is 8.66. The van der Waals surface area contributed by atoms with Crippen molar-refractivity contribution in [2.24, 2.45) is 0 Å². The predicted molar refractivity (Wildman–Crippen MR) is 60.9 cm³/mol. The van der Waals surface area contributed by atoms with Crippen LogP contribution in [0.4, 0.5) is 0 Å². The number of aromatic nitrogens is 2. The third-order valence-electron chi connectivity index (χ3n) is 3.15. The zero-order valence-electron chi connectivity index (χ0n) is 8.66. The second-order valence-electron chi connectivity index (χ2n) is 4.20. The van der Waals surface area contributed by atoms with Crippen LogP contribution in [0.1, 0.15) is 24.5 Å². The number of hydrogen-bond acceptors (Lipinski definition) is 2. The quantitative estimate of drug-likeness (QED) is 0.741. The van der Waals surface area contributed by atoms with E-state index in [1.165, 1.54) is 18.5 Å². The fourth-order valence-corrected chi connectivity index (χ4v) is 2.31. The van der Waals surface area contributed by atoms with Crippen molar-refractivity contribution in [2.75, 3.05) is 13.1 Å². The van der Waals surface area contributed by atoms with Gasteiger partial charge in [-0.15, -0.1) is 0 Å². The number of H-pyrrole nitrogens is 1. The van der Waals surface area contributed by atoms with E-state index in [1.807, 2.05) is 12.3 Å². The third kappa shape index (κ3) is 1.63. The van der Waals surface area contributed by atoms with Gasteiger partial charge in [0.25, 0.3) is 0 Å². The highest BCUT2D eigenvalue weighted by Gasteiger charge is 2.16. The molecule has 1 saturated heterocycles. The van der Waals surface area contributed by atoms with E-state index in [1.54, 1.807) is 0 Å². The van der Waals surface area contributed by atoms with Crippen molar-refractivity contribution in [1.82, 2.24) is 15.3 Å². The number of nitrogens with one attached hydrogen (secondary N) is 2. The van der Waals surface area contributed by atoms with Crippen LogP contribution in [0.5, 0.6) is 0 Å². The van der Waals surface area contributed by atoms with Gasteiger partial charge in [0.2, 0.25) is 0 Å². The maximum atomic E-state index is 4.35. The van der Waals surface area contributed by atoms with Crippen LogP contribution in [-0.2, 0) is 0 Å². The Morgan fingerprint density at radius 2 is 2.40 bits per heavy atom. The van der Waals surface area contributed by atoms with E-state index in [0.717, 1.165) is 24.1 Å². The lowest BCUT2D eigenvalue weighted by Gasteiger charge is -2.21. The summed E-state index contributed by atoms with van der Waals surface area (Å²) >= 11 is 0. The summed E-state index contributed by atoms with van der Waals surface area (Å²) in [4.78, 5) is 7.81. The summed E-state index contributed by atoms with van der Waals surface area (Å²) in [7, 11) is 0. The van der Waals surface area contributed by atoms with Crippen LogP contribution in [0.2, 0.25) is 0 Å². The Morgan fingerprint density at radius 3 is 3.20 bits per heavy atom. The van der Waals surface area contributed by atoms with Crippen molar-refractivity contribution in [3.8, 4) is 0 Å². The maximum Gasteiger partial charge on any atom is 0.0881 e. The van der Waals surface area contributed by atoms with E-state index in [-0.39, 0.29) is 0 Å². The average molecular weight is 201 g/mol. The largest absolute Gasteiger partial charge is 0.357 e. The molecule has 0 bridgehead atoms. The third-order valence-corrected chi connectivity index (χ3v) is 3.15. The van der Waals surface area contributed by atoms with Crippen molar-refractivity contribution in [1.29, 1.82) is 0 Å². The first-order chi connectivity index (χ1) is 7.43. The summed E-state index contributed by atoms with van der Waals surface area (Å²) in [5.74, 6) is 0.632. The smallest absolute Gasteiger partial charge is 0.0881 e. The molecule has 3 nitrogen and oxygen atoms in total. The molecule has 0 radical (unpaired) electrons. The summed E-state index contributed by atoms with van der Waals surface area (Å²) in [6.45, 7) is 2.25. The molecule has 78 valence electrons. The molecule has 0 saturated carbocycles. The average Bonchev–Trinajstić information content (AvgIpc) is 2.74. The summed E-state index contributed by atoms with van der Waals surface area (Å²) in [5.41, 5.74) is 3.56. The van der Waals surface area contributed by atoms with Crippen molar-refractivity contribution in [2.45, 2.75) is 18.8 Å². The second-order valence-corrected chi connectivity index (χ2v) is 4.20. The van der Waals surface area contributed by atoms with Crippen molar-refractivity contribution in [3.63, 3.8) is 0 Å². The Hall–Kier alpha value is -1.35. The van der Waals surface area contributed by atoms with Gasteiger partial charge in [0.15, 0.2) is 0 Å². The minimum absolute atomic E-state index is 0.632. The maximum absolute atomic E-state index is 4.35. The minimum Gasteiger partial charge on any atom is -0.357 e. The SMILES string of the molecule is c1cnc2cc(C3CCCNC3)[nH]c2c1. The molecule has 3 rings (SSSR count). The normalized spacial score (nSPS) is 22.0. The van der Waals surface area contributed by atoms with Crippen molar-refractivity contribution in [3.05, 3.63) is 30.1 Å². The van der Waals surface area contributed by atoms with Gasteiger partial charge in [-0.05, 0) is 37.6 Å². The number of nitrogens with zero attached hydrogens (tertiary/aromatic N) is 1. The summed E-state index contributed by atoms with van der Waals surface area (Å²) in [6, 6.07) is 6.25. The first-order valence-corrected chi connectivity index (χ1v) is 5.58. The Labute approximate surface area is 88.9 Å². The number of hydrogen-bond donors (Lipinski definition) is 2. The lowest BCUT2D eigenvalue weighted by molar-refractivity contribution is 0.456. The summed E-state index contributed by atoms with van der Waals surface area (Å²) in [5, 5.41) is 3.44. The molecule has 1 atom stereocenters. The number of piperidine rings is 1. The van der Waals surface area contributed by atoms with Gasteiger partial charge < -0.3 is 10.3 Å². The molecule has 1 aliphatic rings. The fraction of sp³-hybridized carbons (Fsp3) is 0.417. The fourth-order valence-electron chi connectivity index (χ4n) is 2.31. The van der Waals surface area contributed by atoms with Crippen LogP contribution in [0.15, 0.2) is 24.4 Å². The van der Waals surface area contributed by atoms with Crippen LogP contribution in [0.3, 0.4) is 0 Å². The van der Waals surface area contributed by atoms with Gasteiger partial charge in [-0.25, -0.2) is 0 Å². The zero-order chi connectivity index (χ0) is 10.1. The highest BCUT2D eigenvalue weighted by Crippen LogP contribution is 2.24. The van der Waals surface area contributed by atoms with Crippen LogP contribution in [-0.4, -0.2) is 23.1 Å². The topological polar surface area (TPSA) is 40.7 Å². The van der Waals surface area contributed by atoms with Crippen LogP contribution >= 0.6 is 0 Å². The molecule has 2 aromatic heterocycles. The van der Waals surface area contributed by atoms with Crippen LogP contribution in [0.25, 0.3) is 11.0 Å². The number of pyridine rings is 1. The van der Waals surface area contributed by atoms with Crippen LogP contribution in [0, 0.1) is 0 Å². The molecular formula is C12H15N3. The molecular weight excluding hydrogens is 186 g/mol. The van der Waals surface area contributed by atoms with Crippen molar-refractivity contribution < 1.29 is 0 Å². The highest BCUT2D eigenvalue weighted by molar-refractivity contribution is 5.75. The van der Waals surface area contributed by atoms with Gasteiger partial charge in [0.05, 0.1) is 11.0 Å². The van der Waals surface area contributed by atoms with E-state index in [2.05, 4.69) is 27.4 Å². The molecule has 0 spiro atoms. The second kappa shape index (κ2) is 3.66. The number of aromatic amines is 1. The standard InChI is InChI=1S/C12H15N3/c1-3-9(8-13-5-1)11-7-12-10(15-11)4-2-6-14-12/h2,4,6-7,9,13,15H,1,3,5,8H2. The Bertz CT molecular complexity index is 422. The monoisotopic (exact) mass is 201 g/mol. The molecule has 2 N–H and O–H groups in total. The molecule has 2 aromatic rings. The summed E-state index contributed by atoms with van der Waals surface area (Å²) in [6.07, 6.45) is 4.40. The number of rotatable bonds is 1. The molecule has 1 unspecified atom stereocenters. The van der Waals surface area contributed by atoms with Gasteiger partial charge in [0.1, 0.15) is 0 Å². The van der Waals surface area contributed by atoms with Gasteiger partial charge in [-0.2, -0.15) is 0 Å². The molecule has 1 fully saturated rings.